The van der Waals surface area contributed by atoms with Crippen molar-refractivity contribution in [2.24, 2.45) is 5.41 Å². The number of nitrogens with one attached hydrogen (secondary N) is 1. The van der Waals surface area contributed by atoms with E-state index in [0.717, 1.165) is 0 Å². The fourth-order valence-electron chi connectivity index (χ4n) is 2.01. The molecule has 178 valence electrons. The number of hydrogen-bond acceptors (Lipinski definition) is 8. The largest absolute Gasteiger partial charge is 0.498 e. The fraction of sp³-hybridized carbons (Fsp3) is 0.875. The fourth-order valence-corrected chi connectivity index (χ4v) is 5.55. The minimum atomic E-state index is -5.88. The van der Waals surface area contributed by atoms with Crippen LogP contribution < -0.4 is 5.32 Å². The van der Waals surface area contributed by atoms with Gasteiger partial charge in [-0.1, -0.05) is 6.92 Å². The van der Waals surface area contributed by atoms with Gasteiger partial charge in [-0.3, -0.25) is 4.79 Å². The average Bonchev–Trinajstić information content (AvgIpc) is 2.58. The third kappa shape index (κ3) is 9.06. The van der Waals surface area contributed by atoms with Gasteiger partial charge in [0.05, 0.1) is 18.6 Å². The molecule has 1 N–H and O–H groups in total. The number of rotatable bonds is 12. The molecule has 1 atom stereocenters. The first-order valence-electron chi connectivity index (χ1n) is 9.03. The molecular formula is C16H28F3NO8S2. The number of unbranched alkanes of at least 4 members (excludes halogenated alkanes) is 1. The van der Waals surface area contributed by atoms with E-state index < -0.39 is 53.7 Å². The van der Waals surface area contributed by atoms with Gasteiger partial charge < -0.3 is 14.8 Å². The number of carbonyl (C=O) groups is 2. The Morgan fingerprint density at radius 1 is 1.00 bits per heavy atom. The molecule has 0 aromatic heterocycles. The van der Waals surface area contributed by atoms with Gasteiger partial charge in [0, 0.05) is 6.26 Å². The summed E-state index contributed by atoms with van der Waals surface area (Å²) < 4.78 is 90.7. The van der Waals surface area contributed by atoms with E-state index in [1.807, 2.05) is 6.92 Å². The first kappa shape index (κ1) is 28.4. The van der Waals surface area contributed by atoms with Crippen molar-refractivity contribution in [3.05, 3.63) is 0 Å². The lowest BCUT2D eigenvalue weighted by molar-refractivity contribution is -0.153. The number of sulfone groups is 2. The average molecular weight is 484 g/mol. The number of hydrogen-bond donors (Lipinski definition) is 1. The van der Waals surface area contributed by atoms with Crippen molar-refractivity contribution >= 4 is 31.7 Å². The number of alkyl carbamates (subject to hydrolysis) is 1. The Morgan fingerprint density at radius 2 is 1.57 bits per heavy atom. The van der Waals surface area contributed by atoms with E-state index in [1.165, 1.54) is 0 Å². The molecule has 0 aromatic carbocycles. The molecule has 14 heteroatoms. The molecule has 1 unspecified atom stereocenters. The highest BCUT2D eigenvalue weighted by Crippen LogP contribution is 2.31. The number of carbonyl (C=O) groups excluding carboxylic acids is 2. The summed E-state index contributed by atoms with van der Waals surface area (Å²) in [6.07, 6.45) is -0.945. The zero-order chi connectivity index (χ0) is 23.8. The van der Waals surface area contributed by atoms with Crippen LogP contribution in [-0.2, 0) is 33.9 Å². The Hall–Kier alpha value is -1.57. The third-order valence-corrected chi connectivity index (χ3v) is 8.83. The van der Waals surface area contributed by atoms with Gasteiger partial charge in [0.2, 0.25) is 0 Å². The van der Waals surface area contributed by atoms with Crippen LogP contribution in [0, 0.1) is 5.41 Å². The second-order valence-corrected chi connectivity index (χ2v) is 11.8. The van der Waals surface area contributed by atoms with Gasteiger partial charge in [-0.25, -0.2) is 21.6 Å². The van der Waals surface area contributed by atoms with Crippen molar-refractivity contribution in [1.29, 1.82) is 0 Å². The maximum atomic E-state index is 12.6. The molecule has 9 nitrogen and oxygen atoms in total. The Bertz CT molecular complexity index is 792. The summed E-state index contributed by atoms with van der Waals surface area (Å²) in [4.78, 5) is 23.2. The molecule has 30 heavy (non-hydrogen) atoms. The summed E-state index contributed by atoms with van der Waals surface area (Å²) in [7, 11) is -10.4. The Kier molecular flexibility index (Phi) is 10.6. The Labute approximate surface area is 174 Å². The molecular weight excluding hydrogens is 455 g/mol. The van der Waals surface area contributed by atoms with Crippen molar-refractivity contribution in [1.82, 2.24) is 5.32 Å². The van der Waals surface area contributed by atoms with Crippen molar-refractivity contribution in [3.63, 3.8) is 0 Å². The van der Waals surface area contributed by atoms with E-state index in [4.69, 9.17) is 9.47 Å². The molecule has 0 aromatic rings. The van der Waals surface area contributed by atoms with Crippen LogP contribution in [0.2, 0.25) is 0 Å². The molecule has 0 radical (unpaired) electrons. The lowest BCUT2D eigenvalue weighted by Gasteiger charge is -2.20. The van der Waals surface area contributed by atoms with Crippen molar-refractivity contribution in [2.75, 3.05) is 26.0 Å². The number of alkyl halides is 3. The molecule has 0 aliphatic rings. The first-order chi connectivity index (χ1) is 13.5. The van der Waals surface area contributed by atoms with Crippen LogP contribution in [0.15, 0.2) is 0 Å². The normalized spacial score (nSPS) is 14.1. The van der Waals surface area contributed by atoms with Crippen molar-refractivity contribution in [2.45, 2.75) is 56.5 Å². The summed E-state index contributed by atoms with van der Waals surface area (Å²) >= 11 is 0. The van der Waals surface area contributed by atoms with Crippen LogP contribution in [0.4, 0.5) is 18.0 Å². The Balaban J connectivity index is 4.31. The minimum absolute atomic E-state index is 0.0235. The lowest BCUT2D eigenvalue weighted by Crippen LogP contribution is -2.39. The van der Waals surface area contributed by atoms with E-state index in [0.29, 0.717) is 12.7 Å². The maximum Gasteiger partial charge on any atom is 0.498 e. The standard InChI is InChI=1S/C16H28F3NO8S2/c1-5-15(2,3)13(21)27-11-9-20-14(22)28-10-7-6-8-12(29(4,23)24)30(25,26)16(17,18)19/h12H,5-11H2,1-4H3,(H,20,22). The smallest absolute Gasteiger partial charge is 0.463 e. The third-order valence-electron chi connectivity index (χ3n) is 4.25. The molecule has 0 heterocycles. The molecule has 0 aliphatic heterocycles. The van der Waals surface area contributed by atoms with Crippen LogP contribution in [0.5, 0.6) is 0 Å². The van der Waals surface area contributed by atoms with E-state index >= 15 is 0 Å². The summed E-state index contributed by atoms with van der Waals surface area (Å²) in [6, 6.07) is 0. The Morgan fingerprint density at radius 3 is 2.03 bits per heavy atom. The highest BCUT2D eigenvalue weighted by molar-refractivity contribution is 8.09. The molecule has 0 bridgehead atoms. The van der Waals surface area contributed by atoms with Crippen molar-refractivity contribution < 1.29 is 49.1 Å². The molecule has 0 spiro atoms. The van der Waals surface area contributed by atoms with Crippen LogP contribution in [-0.4, -0.2) is 65.0 Å². The highest BCUT2D eigenvalue weighted by Gasteiger charge is 2.53. The first-order valence-corrected chi connectivity index (χ1v) is 12.5. The highest BCUT2D eigenvalue weighted by atomic mass is 32.3. The van der Waals surface area contributed by atoms with Crippen LogP contribution in [0.3, 0.4) is 0 Å². The second-order valence-electron chi connectivity index (χ2n) is 7.18. The van der Waals surface area contributed by atoms with Gasteiger partial charge in [0.25, 0.3) is 9.84 Å². The molecule has 0 saturated carbocycles. The summed E-state index contributed by atoms with van der Waals surface area (Å²) in [5, 5.41) is 2.30. The molecule has 0 saturated heterocycles. The number of esters is 1. The van der Waals surface area contributed by atoms with Gasteiger partial charge >= 0.3 is 17.6 Å². The maximum absolute atomic E-state index is 12.6. The van der Waals surface area contributed by atoms with E-state index in [2.05, 4.69) is 5.32 Å². The SMILES string of the molecule is CCC(C)(C)C(=O)OCCNC(=O)OCCCCC(S(C)(=O)=O)S(=O)(=O)C(F)(F)F. The predicted octanol–water partition coefficient (Wildman–Crippen LogP) is 2.17. The van der Waals surface area contributed by atoms with Crippen LogP contribution >= 0.6 is 0 Å². The molecule has 1 amide bonds. The molecule has 0 rings (SSSR count). The second kappa shape index (κ2) is 11.2. The van der Waals surface area contributed by atoms with E-state index in [9.17, 15) is 39.6 Å². The predicted molar refractivity (Wildman–Crippen MR) is 102 cm³/mol. The number of ether oxygens (including phenoxy) is 2. The van der Waals surface area contributed by atoms with Crippen LogP contribution in [0.25, 0.3) is 0 Å². The molecule has 0 aliphatic carbocycles. The summed E-state index contributed by atoms with van der Waals surface area (Å²) in [6.45, 7) is 4.88. The molecule has 0 fully saturated rings. The zero-order valence-corrected chi connectivity index (χ0v) is 18.9. The van der Waals surface area contributed by atoms with E-state index in [1.54, 1.807) is 13.8 Å². The van der Waals surface area contributed by atoms with Gasteiger partial charge in [0.15, 0.2) is 14.4 Å². The van der Waals surface area contributed by atoms with Crippen LogP contribution in [0.1, 0.15) is 46.5 Å². The van der Waals surface area contributed by atoms with Gasteiger partial charge in [-0.2, -0.15) is 13.2 Å². The van der Waals surface area contributed by atoms with E-state index in [-0.39, 0.29) is 32.6 Å². The number of amides is 1. The van der Waals surface area contributed by atoms with Gasteiger partial charge in [0.1, 0.15) is 6.61 Å². The monoisotopic (exact) mass is 483 g/mol. The summed E-state index contributed by atoms with van der Waals surface area (Å²) in [5.41, 5.74) is -6.34. The minimum Gasteiger partial charge on any atom is -0.463 e. The topological polar surface area (TPSA) is 133 Å². The van der Waals surface area contributed by atoms with Gasteiger partial charge in [-0.05, 0) is 39.5 Å². The zero-order valence-electron chi connectivity index (χ0n) is 17.2. The summed E-state index contributed by atoms with van der Waals surface area (Å²) in [5.74, 6) is -0.422. The van der Waals surface area contributed by atoms with Crippen molar-refractivity contribution in [3.8, 4) is 0 Å². The lowest BCUT2D eigenvalue weighted by atomic mass is 9.91. The number of halogens is 3. The quantitative estimate of drug-likeness (QED) is 0.330. The van der Waals surface area contributed by atoms with Gasteiger partial charge in [-0.15, -0.1) is 0 Å².